The molecule has 1 heterocycles. The molecule has 0 unspecified atom stereocenters. The molecular weight excluding hydrogens is 280 g/mol. The van der Waals surface area contributed by atoms with Crippen LogP contribution in [-0.4, -0.2) is 10.2 Å². The Bertz CT molecular complexity index is 978. The summed E-state index contributed by atoms with van der Waals surface area (Å²) in [5, 5.41) is 17.2. The number of benzene rings is 2. The SMILES string of the molecule is N#Cc1ccc(CNc2cccc3c(=O)[nH][nH]c(=O)c23)cc1. The minimum Gasteiger partial charge on any atom is -0.380 e. The molecular formula is C16H12N4O2. The highest BCUT2D eigenvalue weighted by molar-refractivity contribution is 5.92. The average molecular weight is 292 g/mol. The molecule has 0 fully saturated rings. The summed E-state index contributed by atoms with van der Waals surface area (Å²) in [7, 11) is 0. The van der Waals surface area contributed by atoms with Crippen molar-refractivity contribution < 1.29 is 0 Å². The predicted molar refractivity (Wildman–Crippen MR) is 83.7 cm³/mol. The van der Waals surface area contributed by atoms with E-state index < -0.39 is 0 Å². The second kappa shape index (κ2) is 5.58. The number of hydrogen-bond donors (Lipinski definition) is 3. The molecule has 6 nitrogen and oxygen atoms in total. The number of anilines is 1. The zero-order valence-corrected chi connectivity index (χ0v) is 11.5. The largest absolute Gasteiger partial charge is 0.380 e. The van der Waals surface area contributed by atoms with E-state index in [0.717, 1.165) is 5.56 Å². The van der Waals surface area contributed by atoms with Gasteiger partial charge in [0.25, 0.3) is 11.1 Å². The lowest BCUT2D eigenvalue weighted by molar-refractivity contribution is 0.976. The standard InChI is InChI=1S/C16H12N4O2/c17-8-10-4-6-11(7-5-10)9-18-13-3-1-2-12-14(13)16(22)20-19-15(12)21/h1-7,18H,9H2,(H,19,21)(H,20,22). The van der Waals surface area contributed by atoms with Crippen molar-refractivity contribution in [1.29, 1.82) is 5.26 Å². The molecule has 0 amide bonds. The number of aromatic nitrogens is 2. The molecule has 3 aromatic rings. The summed E-state index contributed by atoms with van der Waals surface area (Å²) < 4.78 is 0. The van der Waals surface area contributed by atoms with Gasteiger partial charge in [-0.15, -0.1) is 0 Å². The molecule has 0 aliphatic heterocycles. The Morgan fingerprint density at radius 3 is 2.45 bits per heavy atom. The van der Waals surface area contributed by atoms with Gasteiger partial charge in [-0.2, -0.15) is 5.26 Å². The van der Waals surface area contributed by atoms with Crippen LogP contribution < -0.4 is 16.4 Å². The molecule has 3 N–H and O–H groups in total. The van der Waals surface area contributed by atoms with Crippen LogP contribution in [0, 0.1) is 11.3 Å². The molecule has 0 aliphatic carbocycles. The first-order chi connectivity index (χ1) is 10.7. The highest BCUT2D eigenvalue weighted by Gasteiger charge is 2.07. The van der Waals surface area contributed by atoms with Crippen LogP contribution >= 0.6 is 0 Å². The third kappa shape index (κ3) is 2.47. The van der Waals surface area contributed by atoms with Gasteiger partial charge in [0, 0.05) is 12.2 Å². The molecule has 22 heavy (non-hydrogen) atoms. The number of nitrogens with one attached hydrogen (secondary N) is 3. The van der Waals surface area contributed by atoms with Gasteiger partial charge in [-0.05, 0) is 29.8 Å². The molecule has 0 atom stereocenters. The topological polar surface area (TPSA) is 102 Å². The van der Waals surface area contributed by atoms with Crippen molar-refractivity contribution >= 4 is 16.5 Å². The quantitative estimate of drug-likeness (QED) is 0.683. The lowest BCUT2D eigenvalue weighted by Gasteiger charge is -2.09. The Morgan fingerprint density at radius 2 is 1.73 bits per heavy atom. The molecule has 3 rings (SSSR count). The number of aromatic amines is 2. The van der Waals surface area contributed by atoms with Crippen molar-refractivity contribution in [2.45, 2.75) is 6.54 Å². The second-order valence-electron chi connectivity index (χ2n) is 4.80. The fourth-order valence-electron chi connectivity index (χ4n) is 2.27. The van der Waals surface area contributed by atoms with Gasteiger partial charge in [0.15, 0.2) is 0 Å². The first-order valence-corrected chi connectivity index (χ1v) is 6.65. The normalized spacial score (nSPS) is 10.3. The molecule has 108 valence electrons. The van der Waals surface area contributed by atoms with Gasteiger partial charge in [-0.25, -0.2) is 0 Å². The third-order valence-electron chi connectivity index (χ3n) is 3.39. The maximum Gasteiger partial charge on any atom is 0.272 e. The Hall–Kier alpha value is -3.33. The van der Waals surface area contributed by atoms with Gasteiger partial charge >= 0.3 is 0 Å². The summed E-state index contributed by atoms with van der Waals surface area (Å²) in [5.74, 6) is 0. The van der Waals surface area contributed by atoms with Gasteiger partial charge in [0.05, 0.1) is 22.4 Å². The molecule has 6 heteroatoms. The van der Waals surface area contributed by atoms with Crippen LogP contribution in [0.3, 0.4) is 0 Å². The first-order valence-electron chi connectivity index (χ1n) is 6.65. The van der Waals surface area contributed by atoms with Crippen LogP contribution in [0.5, 0.6) is 0 Å². The monoisotopic (exact) mass is 292 g/mol. The van der Waals surface area contributed by atoms with Gasteiger partial charge < -0.3 is 5.32 Å². The molecule has 0 aliphatic rings. The summed E-state index contributed by atoms with van der Waals surface area (Å²) in [6, 6.07) is 14.3. The lowest BCUT2D eigenvalue weighted by Crippen LogP contribution is -2.20. The number of fused-ring (bicyclic) bond motifs is 1. The van der Waals surface area contributed by atoms with Crippen molar-refractivity contribution in [2.24, 2.45) is 0 Å². The fraction of sp³-hybridized carbons (Fsp3) is 0.0625. The smallest absolute Gasteiger partial charge is 0.272 e. The average Bonchev–Trinajstić information content (AvgIpc) is 2.56. The highest BCUT2D eigenvalue weighted by Crippen LogP contribution is 2.17. The minimum atomic E-state index is -0.350. The van der Waals surface area contributed by atoms with Crippen LogP contribution in [0.15, 0.2) is 52.1 Å². The highest BCUT2D eigenvalue weighted by atomic mass is 16.1. The summed E-state index contributed by atoms with van der Waals surface area (Å²) in [4.78, 5) is 23.7. The Balaban J connectivity index is 1.94. The van der Waals surface area contributed by atoms with E-state index in [2.05, 4.69) is 21.6 Å². The van der Waals surface area contributed by atoms with Crippen LogP contribution in [0.1, 0.15) is 11.1 Å². The number of nitrogens with zero attached hydrogens (tertiary/aromatic N) is 1. The van der Waals surface area contributed by atoms with Crippen molar-refractivity contribution in [3.63, 3.8) is 0 Å². The summed E-state index contributed by atoms with van der Waals surface area (Å²) in [6.45, 7) is 0.483. The van der Waals surface area contributed by atoms with Crippen LogP contribution in [0.2, 0.25) is 0 Å². The van der Waals surface area contributed by atoms with Gasteiger partial charge in [0.2, 0.25) is 0 Å². The molecule has 0 spiro atoms. The van der Waals surface area contributed by atoms with E-state index in [4.69, 9.17) is 5.26 Å². The first kappa shape index (κ1) is 13.6. The molecule has 0 radical (unpaired) electrons. The zero-order chi connectivity index (χ0) is 15.5. The lowest BCUT2D eigenvalue weighted by atomic mass is 10.1. The van der Waals surface area contributed by atoms with Crippen molar-refractivity contribution in [2.75, 3.05) is 5.32 Å². The molecule has 1 aromatic heterocycles. The van der Waals surface area contributed by atoms with Crippen molar-refractivity contribution in [1.82, 2.24) is 10.2 Å². The van der Waals surface area contributed by atoms with Gasteiger partial charge in [-0.1, -0.05) is 18.2 Å². The number of hydrogen-bond acceptors (Lipinski definition) is 4. The number of rotatable bonds is 3. The van der Waals surface area contributed by atoms with Crippen molar-refractivity contribution in [3.05, 3.63) is 74.3 Å². The number of H-pyrrole nitrogens is 2. The summed E-state index contributed by atoms with van der Waals surface area (Å²) in [6.07, 6.45) is 0. The Morgan fingerprint density at radius 1 is 1.00 bits per heavy atom. The molecule has 0 saturated heterocycles. The predicted octanol–water partition coefficient (Wildman–Crippen LogP) is 1.70. The van der Waals surface area contributed by atoms with E-state index in [-0.39, 0.29) is 11.1 Å². The van der Waals surface area contributed by atoms with Gasteiger partial charge in [-0.3, -0.25) is 19.8 Å². The van der Waals surface area contributed by atoms with E-state index in [1.54, 1.807) is 30.3 Å². The van der Waals surface area contributed by atoms with E-state index in [1.165, 1.54) is 0 Å². The zero-order valence-electron chi connectivity index (χ0n) is 11.5. The van der Waals surface area contributed by atoms with E-state index in [0.29, 0.717) is 28.6 Å². The summed E-state index contributed by atoms with van der Waals surface area (Å²) in [5.41, 5.74) is 1.47. The molecule has 0 bridgehead atoms. The Labute approximate surface area is 125 Å². The van der Waals surface area contributed by atoms with Crippen molar-refractivity contribution in [3.8, 4) is 6.07 Å². The maximum absolute atomic E-state index is 11.9. The molecule has 2 aromatic carbocycles. The minimum absolute atomic E-state index is 0.333. The summed E-state index contributed by atoms with van der Waals surface area (Å²) >= 11 is 0. The third-order valence-corrected chi connectivity index (χ3v) is 3.39. The maximum atomic E-state index is 11.9. The molecule has 0 saturated carbocycles. The van der Waals surface area contributed by atoms with E-state index >= 15 is 0 Å². The van der Waals surface area contributed by atoms with Gasteiger partial charge in [0.1, 0.15) is 0 Å². The van der Waals surface area contributed by atoms with Crippen LogP contribution in [-0.2, 0) is 6.54 Å². The van der Waals surface area contributed by atoms with E-state index in [9.17, 15) is 9.59 Å². The number of nitriles is 1. The van der Waals surface area contributed by atoms with Crippen LogP contribution in [0.4, 0.5) is 5.69 Å². The van der Waals surface area contributed by atoms with E-state index in [1.807, 2.05) is 12.1 Å². The second-order valence-corrected chi connectivity index (χ2v) is 4.80. The Kier molecular flexibility index (Phi) is 3.46. The fourth-order valence-corrected chi connectivity index (χ4v) is 2.27. The van der Waals surface area contributed by atoms with Crippen LogP contribution in [0.25, 0.3) is 10.8 Å².